The van der Waals surface area contributed by atoms with Crippen molar-refractivity contribution in [2.45, 2.75) is 71.6 Å². The summed E-state index contributed by atoms with van der Waals surface area (Å²) >= 11 is 1.72. The second-order valence-corrected chi connectivity index (χ2v) is 9.95. The van der Waals surface area contributed by atoms with E-state index in [0.29, 0.717) is 12.6 Å². The number of thiophene rings is 1. The molecule has 0 aliphatic carbocycles. The van der Waals surface area contributed by atoms with Crippen LogP contribution in [-0.2, 0) is 17.8 Å². The molecule has 2 aliphatic heterocycles. The molecule has 1 saturated heterocycles. The van der Waals surface area contributed by atoms with Gasteiger partial charge in [0.05, 0.1) is 22.4 Å². The number of anilines is 2. The molecule has 1 N–H and O–H groups in total. The van der Waals surface area contributed by atoms with Crippen LogP contribution in [0.15, 0.2) is 6.33 Å². The lowest BCUT2D eigenvalue weighted by molar-refractivity contribution is -0.0395. The summed E-state index contributed by atoms with van der Waals surface area (Å²) in [6, 6.07) is 0.368. The highest BCUT2D eigenvalue weighted by Crippen LogP contribution is 2.44. The van der Waals surface area contributed by atoms with Gasteiger partial charge in [-0.05, 0) is 45.6 Å². The van der Waals surface area contributed by atoms with Crippen LogP contribution in [0.25, 0.3) is 20.4 Å². The van der Waals surface area contributed by atoms with Crippen LogP contribution in [0.5, 0.6) is 0 Å². The number of ether oxygens (including phenoxy) is 1. The zero-order valence-corrected chi connectivity index (χ0v) is 18.5. The van der Waals surface area contributed by atoms with Crippen molar-refractivity contribution < 1.29 is 4.74 Å². The van der Waals surface area contributed by atoms with Crippen LogP contribution < -0.4 is 10.2 Å². The van der Waals surface area contributed by atoms with Crippen LogP contribution in [0.1, 0.15) is 58.1 Å². The number of hydrogen-bond acceptors (Lipinski definition) is 7. The predicted octanol–water partition coefficient (Wildman–Crippen LogP) is 4.90. The van der Waals surface area contributed by atoms with Crippen LogP contribution in [0.2, 0.25) is 0 Å². The van der Waals surface area contributed by atoms with Gasteiger partial charge in [-0.25, -0.2) is 15.0 Å². The van der Waals surface area contributed by atoms with E-state index < -0.39 is 0 Å². The quantitative estimate of drug-likeness (QED) is 0.659. The summed E-state index contributed by atoms with van der Waals surface area (Å²) in [5.74, 6) is 2.05. The molecule has 154 valence electrons. The highest BCUT2D eigenvalue weighted by Gasteiger charge is 2.33. The molecule has 1 atom stereocenters. The van der Waals surface area contributed by atoms with E-state index in [9.17, 15) is 0 Å². The second kappa shape index (κ2) is 7.06. The fourth-order valence-electron chi connectivity index (χ4n) is 4.42. The molecule has 2 aliphatic rings. The molecule has 0 aromatic carbocycles. The monoisotopic (exact) mass is 411 g/mol. The first kappa shape index (κ1) is 19.0. The molecule has 3 aromatic rings. The zero-order chi connectivity index (χ0) is 20.2. The number of hydrogen-bond donors (Lipinski definition) is 1. The van der Waals surface area contributed by atoms with E-state index in [1.165, 1.54) is 29.4 Å². The normalized spacial score (nSPS) is 19.7. The summed E-state index contributed by atoms with van der Waals surface area (Å²) in [4.78, 5) is 17.9. The average Bonchev–Trinajstić information content (AvgIpc) is 3.34. The van der Waals surface area contributed by atoms with Gasteiger partial charge in [0.1, 0.15) is 22.8 Å². The Morgan fingerprint density at radius 2 is 2.03 bits per heavy atom. The van der Waals surface area contributed by atoms with Crippen molar-refractivity contribution in [1.82, 2.24) is 15.0 Å². The van der Waals surface area contributed by atoms with Gasteiger partial charge in [0.25, 0.3) is 0 Å². The van der Waals surface area contributed by atoms with E-state index in [1.54, 1.807) is 17.7 Å². The van der Waals surface area contributed by atoms with E-state index in [0.717, 1.165) is 52.6 Å². The maximum absolute atomic E-state index is 6.21. The van der Waals surface area contributed by atoms with Gasteiger partial charge in [0.15, 0.2) is 0 Å². The standard InChI is InChI=1S/C22H29N5OS/c1-5-13(2)25-19-18-17(23-12-24-19)16-14-10-22(3,4)28-11-15(14)20(26-21(16)29-18)27-8-6-7-9-27/h12-13H,5-11H2,1-4H3,(H,23,24,25). The lowest BCUT2D eigenvalue weighted by Crippen LogP contribution is -2.33. The SMILES string of the molecule is CCC(C)Nc1ncnc2c1sc1nc(N3CCCC3)c3c(c12)CC(C)(C)OC3. The summed E-state index contributed by atoms with van der Waals surface area (Å²) < 4.78 is 7.32. The first-order chi connectivity index (χ1) is 14.0. The van der Waals surface area contributed by atoms with Gasteiger partial charge in [-0.1, -0.05) is 6.92 Å². The maximum atomic E-state index is 6.21. The molecule has 0 bridgehead atoms. The Labute approximate surface area is 175 Å². The zero-order valence-electron chi connectivity index (χ0n) is 17.7. The lowest BCUT2D eigenvalue weighted by atomic mass is 9.90. The van der Waals surface area contributed by atoms with Crippen molar-refractivity contribution in [3.63, 3.8) is 0 Å². The van der Waals surface area contributed by atoms with Gasteiger partial charge in [0.2, 0.25) is 0 Å². The van der Waals surface area contributed by atoms with E-state index in [2.05, 4.69) is 42.9 Å². The molecule has 5 heterocycles. The Morgan fingerprint density at radius 1 is 1.24 bits per heavy atom. The first-order valence-corrected chi connectivity index (χ1v) is 11.5. The van der Waals surface area contributed by atoms with Gasteiger partial charge in [-0.2, -0.15) is 0 Å². The molecule has 5 rings (SSSR count). The minimum atomic E-state index is -0.178. The number of nitrogens with zero attached hydrogens (tertiary/aromatic N) is 4. The Hall–Kier alpha value is -1.99. The lowest BCUT2D eigenvalue weighted by Gasteiger charge is -2.34. The van der Waals surface area contributed by atoms with E-state index in [1.807, 2.05) is 0 Å². The molecule has 6 nitrogen and oxygen atoms in total. The van der Waals surface area contributed by atoms with Crippen LogP contribution in [0.3, 0.4) is 0 Å². The van der Waals surface area contributed by atoms with Gasteiger partial charge < -0.3 is 15.0 Å². The Morgan fingerprint density at radius 3 is 2.79 bits per heavy atom. The molecule has 0 saturated carbocycles. The highest BCUT2D eigenvalue weighted by molar-refractivity contribution is 7.26. The van der Waals surface area contributed by atoms with Crippen molar-refractivity contribution in [2.75, 3.05) is 23.3 Å². The third-order valence-electron chi connectivity index (χ3n) is 6.21. The van der Waals surface area contributed by atoms with Gasteiger partial charge in [-0.15, -0.1) is 11.3 Å². The summed E-state index contributed by atoms with van der Waals surface area (Å²) in [5, 5.41) is 4.76. The molecule has 7 heteroatoms. The van der Waals surface area contributed by atoms with Crippen LogP contribution >= 0.6 is 11.3 Å². The minimum absolute atomic E-state index is 0.178. The predicted molar refractivity (Wildman–Crippen MR) is 120 cm³/mol. The number of rotatable bonds is 4. The van der Waals surface area contributed by atoms with Crippen molar-refractivity contribution in [2.24, 2.45) is 0 Å². The second-order valence-electron chi connectivity index (χ2n) is 8.95. The van der Waals surface area contributed by atoms with Gasteiger partial charge in [-0.3, -0.25) is 0 Å². The highest BCUT2D eigenvalue weighted by atomic mass is 32.1. The van der Waals surface area contributed by atoms with Crippen LogP contribution in [-0.4, -0.2) is 39.7 Å². The molecule has 3 aromatic heterocycles. The third kappa shape index (κ3) is 3.24. The third-order valence-corrected chi connectivity index (χ3v) is 7.29. The number of aromatic nitrogens is 3. The molecular formula is C22H29N5OS. The van der Waals surface area contributed by atoms with Crippen LogP contribution in [0.4, 0.5) is 11.6 Å². The summed E-state index contributed by atoms with van der Waals surface area (Å²) in [7, 11) is 0. The number of pyridine rings is 1. The van der Waals surface area contributed by atoms with Gasteiger partial charge in [0, 0.05) is 36.5 Å². The number of fused-ring (bicyclic) bond motifs is 5. The Bertz CT molecular complexity index is 1070. The van der Waals surface area contributed by atoms with Crippen molar-refractivity contribution in [3.05, 3.63) is 17.5 Å². The summed E-state index contributed by atoms with van der Waals surface area (Å²) in [6.07, 6.45) is 6.09. The largest absolute Gasteiger partial charge is 0.370 e. The molecule has 29 heavy (non-hydrogen) atoms. The molecular weight excluding hydrogens is 382 g/mol. The fraction of sp³-hybridized carbons (Fsp3) is 0.591. The van der Waals surface area contributed by atoms with Crippen molar-refractivity contribution >= 4 is 43.4 Å². The van der Waals surface area contributed by atoms with E-state index >= 15 is 0 Å². The molecule has 0 spiro atoms. The molecule has 1 fully saturated rings. The van der Waals surface area contributed by atoms with Crippen molar-refractivity contribution in [3.8, 4) is 0 Å². The molecule has 0 amide bonds. The summed E-state index contributed by atoms with van der Waals surface area (Å²) in [5.41, 5.74) is 3.48. The Kier molecular flexibility index (Phi) is 4.62. The summed E-state index contributed by atoms with van der Waals surface area (Å²) in [6.45, 7) is 11.5. The first-order valence-electron chi connectivity index (χ1n) is 10.7. The Balaban J connectivity index is 1.76. The number of nitrogens with one attached hydrogen (secondary N) is 1. The maximum Gasteiger partial charge on any atom is 0.147 e. The molecule has 0 radical (unpaired) electrons. The fourth-order valence-corrected chi connectivity index (χ4v) is 5.52. The minimum Gasteiger partial charge on any atom is -0.370 e. The van der Waals surface area contributed by atoms with Crippen LogP contribution in [0, 0.1) is 0 Å². The van der Waals surface area contributed by atoms with E-state index in [-0.39, 0.29) is 5.60 Å². The molecule has 1 unspecified atom stereocenters. The van der Waals surface area contributed by atoms with Gasteiger partial charge >= 0.3 is 0 Å². The smallest absolute Gasteiger partial charge is 0.147 e. The van der Waals surface area contributed by atoms with E-state index in [4.69, 9.17) is 14.7 Å². The average molecular weight is 412 g/mol. The topological polar surface area (TPSA) is 63.2 Å². The van der Waals surface area contributed by atoms with Crippen molar-refractivity contribution in [1.29, 1.82) is 0 Å².